The minimum atomic E-state index is -0.809. The Labute approximate surface area is 98.5 Å². The van der Waals surface area contributed by atoms with Gasteiger partial charge in [-0.15, -0.1) is 0 Å². The zero-order valence-corrected chi connectivity index (χ0v) is 9.93. The summed E-state index contributed by atoms with van der Waals surface area (Å²) in [5.74, 6) is -0.421. The van der Waals surface area contributed by atoms with E-state index in [4.69, 9.17) is 10.2 Å². The molecule has 92 valence electrons. The summed E-state index contributed by atoms with van der Waals surface area (Å²) in [5.41, 5.74) is 6.54. The number of nitrogens with two attached hydrogens (primary N) is 1. The van der Waals surface area contributed by atoms with Crippen LogP contribution in [-0.4, -0.2) is 15.3 Å². The van der Waals surface area contributed by atoms with Crippen LogP contribution in [0.4, 0.5) is 5.69 Å². The van der Waals surface area contributed by atoms with Crippen molar-refractivity contribution in [2.24, 2.45) is 0 Å². The number of aryl methyl sites for hydroxylation is 1. The Kier molecular flexibility index (Phi) is 2.71. The number of benzene rings is 1. The first-order chi connectivity index (χ1) is 7.87. The number of aliphatic hydroxyl groups is 1. The smallest absolute Gasteiger partial charge is 0.408 e. The summed E-state index contributed by atoms with van der Waals surface area (Å²) in [6.07, 6.45) is 0.478. The third-order valence-electron chi connectivity index (χ3n) is 2.64. The second-order valence-electron chi connectivity index (χ2n) is 4.81. The molecule has 5 heteroatoms. The number of nitrogens with zero attached hydrogens (tertiary/aromatic N) is 1. The van der Waals surface area contributed by atoms with E-state index in [1.54, 1.807) is 32.0 Å². The van der Waals surface area contributed by atoms with Crippen molar-refractivity contribution in [3.05, 3.63) is 28.7 Å². The van der Waals surface area contributed by atoms with Gasteiger partial charge in [0.05, 0.1) is 11.1 Å². The van der Waals surface area contributed by atoms with E-state index in [0.29, 0.717) is 29.8 Å². The second-order valence-corrected chi connectivity index (χ2v) is 4.81. The molecule has 0 amide bonds. The fraction of sp³-hybridized carbons (Fsp3) is 0.417. The minimum absolute atomic E-state index is 0.416. The van der Waals surface area contributed by atoms with Gasteiger partial charge in [0, 0.05) is 18.3 Å². The summed E-state index contributed by atoms with van der Waals surface area (Å²) >= 11 is 0. The average Bonchev–Trinajstić information content (AvgIpc) is 2.48. The molecule has 0 saturated carbocycles. The lowest BCUT2D eigenvalue weighted by atomic mass is 10.1. The predicted molar refractivity (Wildman–Crippen MR) is 65.8 cm³/mol. The van der Waals surface area contributed by atoms with Crippen LogP contribution in [0, 0.1) is 0 Å². The molecule has 1 heterocycles. The Morgan fingerprint density at radius 1 is 1.47 bits per heavy atom. The van der Waals surface area contributed by atoms with E-state index in [9.17, 15) is 9.90 Å². The van der Waals surface area contributed by atoms with E-state index in [2.05, 4.69) is 0 Å². The molecule has 0 aliphatic carbocycles. The van der Waals surface area contributed by atoms with Crippen molar-refractivity contribution in [3.63, 3.8) is 0 Å². The van der Waals surface area contributed by atoms with Crippen LogP contribution in [0.15, 0.2) is 27.4 Å². The Hall–Kier alpha value is -1.75. The zero-order valence-electron chi connectivity index (χ0n) is 9.93. The van der Waals surface area contributed by atoms with Gasteiger partial charge in [-0.1, -0.05) is 0 Å². The van der Waals surface area contributed by atoms with Crippen molar-refractivity contribution < 1.29 is 9.52 Å². The molecule has 0 saturated heterocycles. The van der Waals surface area contributed by atoms with Crippen LogP contribution in [0.5, 0.6) is 0 Å². The van der Waals surface area contributed by atoms with Gasteiger partial charge in [-0.2, -0.15) is 0 Å². The fourth-order valence-corrected chi connectivity index (χ4v) is 1.68. The Morgan fingerprint density at radius 2 is 2.18 bits per heavy atom. The standard InChI is InChI=1S/C12H16N2O3/c1-12(2,16)5-6-14-9-4-3-8(13)7-10(9)17-11(14)15/h3-4,7,16H,5-6,13H2,1-2H3. The molecular weight excluding hydrogens is 220 g/mol. The van der Waals surface area contributed by atoms with E-state index in [1.165, 1.54) is 4.57 Å². The molecule has 1 aromatic heterocycles. The molecule has 0 spiro atoms. The SMILES string of the molecule is CC(C)(O)CCn1c(=O)oc2cc(N)ccc21. The number of nitrogen functional groups attached to an aromatic ring is 1. The highest BCUT2D eigenvalue weighted by Crippen LogP contribution is 2.18. The van der Waals surface area contributed by atoms with E-state index in [0.717, 1.165) is 0 Å². The number of aromatic nitrogens is 1. The lowest BCUT2D eigenvalue weighted by molar-refractivity contribution is 0.0660. The summed E-state index contributed by atoms with van der Waals surface area (Å²) in [4.78, 5) is 11.6. The molecule has 3 N–H and O–H groups in total. The summed E-state index contributed by atoms with van der Waals surface area (Å²) in [5, 5.41) is 9.66. The maximum absolute atomic E-state index is 11.6. The van der Waals surface area contributed by atoms with Crippen LogP contribution in [-0.2, 0) is 6.54 Å². The van der Waals surface area contributed by atoms with E-state index < -0.39 is 11.4 Å². The summed E-state index contributed by atoms with van der Waals surface area (Å²) < 4.78 is 6.60. The molecule has 0 atom stereocenters. The minimum Gasteiger partial charge on any atom is -0.408 e. The first-order valence-corrected chi connectivity index (χ1v) is 5.48. The normalized spacial score (nSPS) is 12.2. The molecule has 0 radical (unpaired) electrons. The average molecular weight is 236 g/mol. The molecule has 0 aliphatic heterocycles. The summed E-state index contributed by atoms with van der Waals surface area (Å²) in [6.45, 7) is 3.83. The molecule has 0 aliphatic rings. The molecule has 2 aromatic rings. The zero-order chi connectivity index (χ0) is 12.6. The fourth-order valence-electron chi connectivity index (χ4n) is 1.68. The van der Waals surface area contributed by atoms with Gasteiger partial charge >= 0.3 is 5.76 Å². The number of oxazole rings is 1. The number of rotatable bonds is 3. The van der Waals surface area contributed by atoms with E-state index >= 15 is 0 Å². The van der Waals surface area contributed by atoms with Gasteiger partial charge in [-0.25, -0.2) is 4.79 Å². The monoisotopic (exact) mass is 236 g/mol. The van der Waals surface area contributed by atoms with Gasteiger partial charge in [-0.05, 0) is 32.4 Å². The van der Waals surface area contributed by atoms with Crippen LogP contribution < -0.4 is 11.5 Å². The number of fused-ring (bicyclic) bond motifs is 1. The number of hydrogen-bond acceptors (Lipinski definition) is 4. The second kappa shape index (κ2) is 3.92. The van der Waals surface area contributed by atoms with Gasteiger partial charge in [-0.3, -0.25) is 4.57 Å². The van der Waals surface area contributed by atoms with Crippen molar-refractivity contribution in [2.75, 3.05) is 5.73 Å². The maximum atomic E-state index is 11.6. The molecule has 17 heavy (non-hydrogen) atoms. The van der Waals surface area contributed by atoms with Gasteiger partial charge in [0.25, 0.3) is 0 Å². The first kappa shape index (κ1) is 11.7. The highest BCUT2D eigenvalue weighted by Gasteiger charge is 2.15. The molecule has 5 nitrogen and oxygen atoms in total. The van der Waals surface area contributed by atoms with Crippen LogP contribution in [0.25, 0.3) is 11.1 Å². The van der Waals surface area contributed by atoms with Crippen LogP contribution in [0.2, 0.25) is 0 Å². The highest BCUT2D eigenvalue weighted by molar-refractivity contribution is 5.76. The summed E-state index contributed by atoms with van der Waals surface area (Å²) in [7, 11) is 0. The number of hydrogen-bond donors (Lipinski definition) is 2. The van der Waals surface area contributed by atoms with Gasteiger partial charge in [0.1, 0.15) is 0 Å². The lowest BCUT2D eigenvalue weighted by Gasteiger charge is -2.16. The molecule has 1 aromatic carbocycles. The van der Waals surface area contributed by atoms with Crippen LogP contribution >= 0.6 is 0 Å². The van der Waals surface area contributed by atoms with Crippen LogP contribution in [0.3, 0.4) is 0 Å². The topological polar surface area (TPSA) is 81.4 Å². The largest absolute Gasteiger partial charge is 0.419 e. The molecule has 0 unspecified atom stereocenters. The van der Waals surface area contributed by atoms with E-state index in [-0.39, 0.29) is 0 Å². The van der Waals surface area contributed by atoms with Crippen molar-refractivity contribution in [1.29, 1.82) is 0 Å². The number of anilines is 1. The predicted octanol–water partition coefficient (Wildman–Crippen LogP) is 1.34. The molecule has 2 rings (SSSR count). The van der Waals surface area contributed by atoms with Crippen molar-refractivity contribution in [2.45, 2.75) is 32.4 Å². The Balaban J connectivity index is 2.40. The van der Waals surface area contributed by atoms with E-state index in [1.807, 2.05) is 0 Å². The Morgan fingerprint density at radius 3 is 2.82 bits per heavy atom. The third-order valence-corrected chi connectivity index (χ3v) is 2.64. The summed E-state index contributed by atoms with van der Waals surface area (Å²) in [6, 6.07) is 5.09. The molecule has 0 bridgehead atoms. The van der Waals surface area contributed by atoms with Gasteiger partial charge in [0.2, 0.25) is 0 Å². The van der Waals surface area contributed by atoms with Gasteiger partial charge in [0.15, 0.2) is 5.58 Å². The quantitative estimate of drug-likeness (QED) is 0.788. The molecule has 0 fully saturated rings. The lowest BCUT2D eigenvalue weighted by Crippen LogP contribution is -2.24. The Bertz CT molecular complexity index is 590. The van der Waals surface area contributed by atoms with Gasteiger partial charge < -0.3 is 15.3 Å². The van der Waals surface area contributed by atoms with Crippen molar-refractivity contribution in [3.8, 4) is 0 Å². The van der Waals surface area contributed by atoms with Crippen molar-refractivity contribution >= 4 is 16.8 Å². The highest BCUT2D eigenvalue weighted by atomic mass is 16.4. The maximum Gasteiger partial charge on any atom is 0.419 e. The molecular formula is C12H16N2O3. The third kappa shape index (κ3) is 2.50. The van der Waals surface area contributed by atoms with Crippen LogP contribution in [0.1, 0.15) is 20.3 Å². The van der Waals surface area contributed by atoms with Crippen molar-refractivity contribution in [1.82, 2.24) is 4.57 Å². The first-order valence-electron chi connectivity index (χ1n) is 5.48.